The zero-order valence-corrected chi connectivity index (χ0v) is 13.0. The van der Waals surface area contributed by atoms with E-state index in [1.807, 2.05) is 0 Å². The highest BCUT2D eigenvalue weighted by Crippen LogP contribution is 2.32. The van der Waals surface area contributed by atoms with Crippen molar-refractivity contribution >= 4 is 5.84 Å². The highest BCUT2D eigenvalue weighted by molar-refractivity contribution is 5.79. The van der Waals surface area contributed by atoms with Gasteiger partial charge in [0.1, 0.15) is 5.84 Å². The van der Waals surface area contributed by atoms with Crippen LogP contribution in [-0.2, 0) is 0 Å². The fourth-order valence-corrected chi connectivity index (χ4v) is 3.05. The fourth-order valence-electron chi connectivity index (χ4n) is 3.05. The van der Waals surface area contributed by atoms with E-state index in [0.717, 1.165) is 24.9 Å². The number of nitrogens with zero attached hydrogens (tertiary/aromatic N) is 2. The number of hydrogen-bond acceptors (Lipinski definition) is 3. The highest BCUT2D eigenvalue weighted by Gasteiger charge is 2.28. The van der Waals surface area contributed by atoms with Crippen LogP contribution in [0.1, 0.15) is 53.4 Å². The molecule has 0 amide bonds. The summed E-state index contributed by atoms with van der Waals surface area (Å²) in [7, 11) is 0. The van der Waals surface area contributed by atoms with E-state index in [0.29, 0.717) is 24.2 Å². The maximum Gasteiger partial charge on any atom is 0.140 e. The van der Waals surface area contributed by atoms with Gasteiger partial charge in [-0.15, -0.1) is 0 Å². The number of hydrogen-bond donors (Lipinski definition) is 2. The Labute approximate surface area is 118 Å². The van der Waals surface area contributed by atoms with Crippen LogP contribution in [0.4, 0.5) is 0 Å². The van der Waals surface area contributed by atoms with Crippen LogP contribution in [0.5, 0.6) is 0 Å². The van der Waals surface area contributed by atoms with Crippen molar-refractivity contribution in [1.29, 1.82) is 0 Å². The lowest BCUT2D eigenvalue weighted by molar-refractivity contribution is 0.100. The Balaban J connectivity index is 2.57. The standard InChI is InChI=1S/C15H31N3O/c1-11(2)10-18(8-7-15(16)17-19)14-6-5-12(3)13(4)9-14/h11-14,19H,5-10H2,1-4H3,(H2,16,17). The van der Waals surface area contributed by atoms with Crippen molar-refractivity contribution in [2.45, 2.75) is 59.4 Å². The van der Waals surface area contributed by atoms with Gasteiger partial charge in [-0.1, -0.05) is 32.9 Å². The molecule has 1 fully saturated rings. The molecule has 0 bridgehead atoms. The lowest BCUT2D eigenvalue weighted by atomic mass is 9.78. The monoisotopic (exact) mass is 269 g/mol. The molecule has 1 aliphatic rings. The molecular formula is C15H31N3O. The lowest BCUT2D eigenvalue weighted by Crippen LogP contribution is -2.43. The van der Waals surface area contributed by atoms with Crippen LogP contribution in [0.2, 0.25) is 0 Å². The Morgan fingerprint density at radius 1 is 1.32 bits per heavy atom. The van der Waals surface area contributed by atoms with Crippen LogP contribution < -0.4 is 5.73 Å². The van der Waals surface area contributed by atoms with Gasteiger partial charge in [-0.3, -0.25) is 4.90 Å². The molecule has 0 saturated heterocycles. The molecule has 0 aromatic carbocycles. The average molecular weight is 269 g/mol. The normalized spacial score (nSPS) is 29.2. The first-order valence-corrected chi connectivity index (χ1v) is 7.64. The van der Waals surface area contributed by atoms with E-state index >= 15 is 0 Å². The number of rotatable bonds is 6. The van der Waals surface area contributed by atoms with Crippen LogP contribution in [0, 0.1) is 17.8 Å². The van der Waals surface area contributed by atoms with E-state index in [9.17, 15) is 0 Å². The van der Waals surface area contributed by atoms with Gasteiger partial charge in [-0.2, -0.15) is 0 Å². The zero-order valence-electron chi connectivity index (χ0n) is 13.0. The summed E-state index contributed by atoms with van der Waals surface area (Å²) in [5, 5.41) is 11.7. The molecular weight excluding hydrogens is 238 g/mol. The SMILES string of the molecule is CC(C)CN(CCC(N)=NO)C1CCC(C)C(C)C1. The third-order valence-electron chi connectivity index (χ3n) is 4.47. The molecule has 0 aromatic rings. The van der Waals surface area contributed by atoms with Gasteiger partial charge in [-0.05, 0) is 37.0 Å². The molecule has 1 rings (SSSR count). The summed E-state index contributed by atoms with van der Waals surface area (Å²) in [5.74, 6) is 2.64. The maximum atomic E-state index is 8.66. The Morgan fingerprint density at radius 3 is 2.53 bits per heavy atom. The van der Waals surface area contributed by atoms with E-state index in [1.54, 1.807) is 0 Å². The molecule has 3 unspecified atom stereocenters. The van der Waals surface area contributed by atoms with Gasteiger partial charge in [0.15, 0.2) is 0 Å². The van der Waals surface area contributed by atoms with Gasteiger partial charge in [0.2, 0.25) is 0 Å². The summed E-state index contributed by atoms with van der Waals surface area (Å²) in [5.41, 5.74) is 5.60. The minimum atomic E-state index is 0.339. The summed E-state index contributed by atoms with van der Waals surface area (Å²) < 4.78 is 0. The maximum absolute atomic E-state index is 8.66. The lowest BCUT2D eigenvalue weighted by Gasteiger charge is -2.40. The van der Waals surface area contributed by atoms with Crippen molar-refractivity contribution in [3.8, 4) is 0 Å². The van der Waals surface area contributed by atoms with E-state index in [-0.39, 0.29) is 0 Å². The predicted molar refractivity (Wildman–Crippen MR) is 80.4 cm³/mol. The van der Waals surface area contributed by atoms with Crippen molar-refractivity contribution < 1.29 is 5.21 Å². The summed E-state index contributed by atoms with van der Waals surface area (Å²) >= 11 is 0. The van der Waals surface area contributed by atoms with Gasteiger partial charge >= 0.3 is 0 Å². The Hall–Kier alpha value is -0.770. The van der Waals surface area contributed by atoms with Gasteiger partial charge in [-0.25, -0.2) is 0 Å². The Bertz CT molecular complexity index is 291. The minimum absolute atomic E-state index is 0.339. The molecule has 112 valence electrons. The molecule has 4 heteroatoms. The molecule has 19 heavy (non-hydrogen) atoms. The molecule has 0 spiro atoms. The third kappa shape index (κ3) is 5.39. The van der Waals surface area contributed by atoms with E-state index in [4.69, 9.17) is 10.9 Å². The van der Waals surface area contributed by atoms with E-state index < -0.39 is 0 Å². The van der Waals surface area contributed by atoms with Crippen molar-refractivity contribution in [2.75, 3.05) is 13.1 Å². The minimum Gasteiger partial charge on any atom is -0.409 e. The zero-order chi connectivity index (χ0) is 14.4. The predicted octanol–water partition coefficient (Wildman–Crippen LogP) is 2.91. The Morgan fingerprint density at radius 2 is 2.00 bits per heavy atom. The molecule has 0 radical (unpaired) electrons. The van der Waals surface area contributed by atoms with Gasteiger partial charge in [0, 0.05) is 25.6 Å². The largest absolute Gasteiger partial charge is 0.409 e. The summed E-state index contributed by atoms with van der Waals surface area (Å²) in [6, 6.07) is 0.667. The van der Waals surface area contributed by atoms with Gasteiger partial charge in [0.25, 0.3) is 0 Å². The van der Waals surface area contributed by atoms with Crippen LogP contribution in [0.15, 0.2) is 5.16 Å². The molecule has 0 aliphatic heterocycles. The molecule has 0 heterocycles. The van der Waals surface area contributed by atoms with E-state index in [1.165, 1.54) is 19.3 Å². The summed E-state index contributed by atoms with van der Waals surface area (Å²) in [4.78, 5) is 2.55. The van der Waals surface area contributed by atoms with Crippen LogP contribution in [-0.4, -0.2) is 35.1 Å². The molecule has 3 atom stereocenters. The fraction of sp³-hybridized carbons (Fsp3) is 0.933. The number of oxime groups is 1. The van der Waals surface area contributed by atoms with E-state index in [2.05, 4.69) is 37.8 Å². The van der Waals surface area contributed by atoms with Gasteiger partial charge < -0.3 is 10.9 Å². The van der Waals surface area contributed by atoms with Crippen molar-refractivity contribution in [3.63, 3.8) is 0 Å². The topological polar surface area (TPSA) is 61.8 Å². The first-order chi connectivity index (χ1) is 8.93. The summed E-state index contributed by atoms with van der Waals surface area (Å²) in [6.45, 7) is 11.2. The average Bonchev–Trinajstić information content (AvgIpc) is 2.37. The third-order valence-corrected chi connectivity index (χ3v) is 4.47. The molecule has 1 aliphatic carbocycles. The molecule has 0 aromatic heterocycles. The number of amidine groups is 1. The first kappa shape index (κ1) is 16.3. The first-order valence-electron chi connectivity index (χ1n) is 7.64. The second-order valence-electron chi connectivity index (χ2n) is 6.65. The smallest absolute Gasteiger partial charge is 0.140 e. The second-order valence-corrected chi connectivity index (χ2v) is 6.65. The highest BCUT2D eigenvalue weighted by atomic mass is 16.4. The van der Waals surface area contributed by atoms with Crippen molar-refractivity contribution in [2.24, 2.45) is 28.6 Å². The quantitative estimate of drug-likeness (QED) is 0.337. The van der Waals surface area contributed by atoms with Gasteiger partial charge in [0.05, 0.1) is 0 Å². The molecule has 3 N–H and O–H groups in total. The van der Waals surface area contributed by atoms with Crippen LogP contribution >= 0.6 is 0 Å². The molecule has 1 saturated carbocycles. The number of nitrogens with two attached hydrogens (primary N) is 1. The summed E-state index contributed by atoms with van der Waals surface area (Å²) in [6.07, 6.45) is 4.55. The second kappa shape index (κ2) is 7.73. The van der Waals surface area contributed by atoms with Crippen molar-refractivity contribution in [1.82, 2.24) is 4.90 Å². The van der Waals surface area contributed by atoms with Crippen LogP contribution in [0.25, 0.3) is 0 Å². The van der Waals surface area contributed by atoms with Crippen LogP contribution in [0.3, 0.4) is 0 Å². The van der Waals surface area contributed by atoms with Crippen molar-refractivity contribution in [3.05, 3.63) is 0 Å². The molecule has 4 nitrogen and oxygen atoms in total. The Kier molecular flexibility index (Phi) is 6.63.